The van der Waals surface area contributed by atoms with Gasteiger partial charge in [0.15, 0.2) is 9.84 Å². The predicted octanol–water partition coefficient (Wildman–Crippen LogP) is 4.42. The Labute approximate surface area is 129 Å². The molecule has 1 aliphatic heterocycles. The van der Waals surface area contributed by atoms with E-state index in [9.17, 15) is 8.42 Å². The number of halogens is 2. The minimum atomic E-state index is -3.06. The van der Waals surface area contributed by atoms with Crippen molar-refractivity contribution < 1.29 is 8.42 Å². The summed E-state index contributed by atoms with van der Waals surface area (Å²) < 4.78 is 26.2. The average Bonchev–Trinajstić information content (AvgIpc) is 2.94. The van der Waals surface area contributed by atoms with Gasteiger partial charge in [0.05, 0.1) is 0 Å². The van der Waals surface area contributed by atoms with Crippen molar-refractivity contribution in [2.45, 2.75) is 10.5 Å². The minimum Gasteiger partial charge on any atom is -0.227 e. The van der Waals surface area contributed by atoms with Crippen molar-refractivity contribution in [2.75, 3.05) is 0 Å². The normalized spacial score (nSPS) is 24.1. The van der Waals surface area contributed by atoms with Crippen LogP contribution in [0.2, 0.25) is 0 Å². The molecule has 0 N–H and O–H groups in total. The van der Waals surface area contributed by atoms with Crippen molar-refractivity contribution in [3.05, 3.63) is 68.6 Å². The fraction of sp³-hybridized carbons (Fsp3) is 0.143. The molecule has 1 saturated heterocycles. The molecule has 0 radical (unpaired) electrons. The molecule has 1 fully saturated rings. The maximum absolute atomic E-state index is 12.2. The van der Waals surface area contributed by atoms with Gasteiger partial charge in [0, 0.05) is 8.95 Å². The van der Waals surface area contributed by atoms with E-state index in [1.807, 2.05) is 48.5 Å². The molecule has 1 heterocycles. The number of hydrogen-bond acceptors (Lipinski definition) is 2. The highest BCUT2D eigenvalue weighted by atomic mass is 79.9. The quantitative estimate of drug-likeness (QED) is 0.698. The van der Waals surface area contributed by atoms with Crippen molar-refractivity contribution in [3.63, 3.8) is 0 Å². The first kappa shape index (κ1) is 13.3. The first-order valence-corrected chi connectivity index (χ1v) is 8.93. The summed E-state index contributed by atoms with van der Waals surface area (Å²) in [5, 5.41) is -0.802. The van der Waals surface area contributed by atoms with Crippen LogP contribution in [0.15, 0.2) is 57.5 Å². The summed E-state index contributed by atoms with van der Waals surface area (Å²) in [6.07, 6.45) is 0. The SMILES string of the molecule is O=S1(=O)C(c2ccc(Br)cc2)C1c1ccc(Br)cc1. The molecule has 0 spiro atoms. The lowest BCUT2D eigenvalue weighted by atomic mass is 10.0. The van der Waals surface area contributed by atoms with Gasteiger partial charge >= 0.3 is 0 Å². The number of rotatable bonds is 2. The van der Waals surface area contributed by atoms with Crippen LogP contribution in [-0.2, 0) is 9.84 Å². The summed E-state index contributed by atoms with van der Waals surface area (Å²) in [6.45, 7) is 0. The standard InChI is InChI=1S/C14H10Br2O2S/c15-11-5-1-9(2-6-11)13-14(19(13,17)18)10-3-7-12(16)8-4-10/h1-8,13-14H. The van der Waals surface area contributed by atoms with Crippen LogP contribution in [0.3, 0.4) is 0 Å². The second kappa shape index (κ2) is 4.72. The van der Waals surface area contributed by atoms with E-state index in [2.05, 4.69) is 31.9 Å². The van der Waals surface area contributed by atoms with E-state index in [0.717, 1.165) is 20.1 Å². The first-order valence-electron chi connectivity index (χ1n) is 5.74. The fourth-order valence-corrected chi connectivity index (χ4v) is 5.03. The Morgan fingerprint density at radius 3 is 1.32 bits per heavy atom. The molecule has 2 nitrogen and oxygen atoms in total. The molecule has 0 bridgehead atoms. The zero-order valence-corrected chi connectivity index (χ0v) is 13.7. The molecular formula is C14H10Br2O2S. The lowest BCUT2D eigenvalue weighted by molar-refractivity contribution is 0.611. The van der Waals surface area contributed by atoms with Gasteiger partial charge in [-0.3, -0.25) is 0 Å². The molecular weight excluding hydrogens is 392 g/mol. The highest BCUT2D eigenvalue weighted by Gasteiger charge is 2.58. The predicted molar refractivity (Wildman–Crippen MR) is 82.7 cm³/mol. The van der Waals surface area contributed by atoms with Gasteiger partial charge in [-0.15, -0.1) is 0 Å². The second-order valence-corrected chi connectivity index (χ2v) is 8.56. The molecule has 2 aromatic rings. The van der Waals surface area contributed by atoms with Crippen LogP contribution in [0.5, 0.6) is 0 Å². The van der Waals surface area contributed by atoms with Crippen molar-refractivity contribution in [3.8, 4) is 0 Å². The van der Waals surface area contributed by atoms with Crippen molar-refractivity contribution in [1.82, 2.24) is 0 Å². The van der Waals surface area contributed by atoms with Crippen LogP contribution in [-0.4, -0.2) is 8.42 Å². The van der Waals surface area contributed by atoms with Gasteiger partial charge in [-0.1, -0.05) is 56.1 Å². The van der Waals surface area contributed by atoms with Gasteiger partial charge < -0.3 is 0 Å². The van der Waals surface area contributed by atoms with E-state index in [1.165, 1.54) is 0 Å². The van der Waals surface area contributed by atoms with E-state index >= 15 is 0 Å². The van der Waals surface area contributed by atoms with E-state index in [1.54, 1.807) is 0 Å². The third-order valence-corrected chi connectivity index (χ3v) is 6.55. The molecule has 2 atom stereocenters. The van der Waals surface area contributed by atoms with Crippen molar-refractivity contribution in [1.29, 1.82) is 0 Å². The van der Waals surface area contributed by atoms with E-state index in [-0.39, 0.29) is 0 Å². The van der Waals surface area contributed by atoms with E-state index in [0.29, 0.717) is 0 Å². The van der Waals surface area contributed by atoms with Gasteiger partial charge in [-0.05, 0) is 35.4 Å². The Hall–Kier alpha value is -0.650. The van der Waals surface area contributed by atoms with Gasteiger partial charge in [0.2, 0.25) is 0 Å². The average molecular weight is 402 g/mol. The summed E-state index contributed by atoms with van der Waals surface area (Å²) in [7, 11) is -3.06. The number of hydrogen-bond donors (Lipinski definition) is 0. The van der Waals surface area contributed by atoms with Gasteiger partial charge in [-0.2, -0.15) is 0 Å². The van der Waals surface area contributed by atoms with Crippen LogP contribution in [0.1, 0.15) is 21.6 Å². The molecule has 2 aromatic carbocycles. The topological polar surface area (TPSA) is 34.1 Å². The lowest BCUT2D eigenvalue weighted by Gasteiger charge is -1.98. The number of benzene rings is 2. The maximum atomic E-state index is 12.2. The fourth-order valence-electron chi connectivity index (χ4n) is 2.30. The molecule has 19 heavy (non-hydrogen) atoms. The smallest absolute Gasteiger partial charge is 0.167 e. The molecule has 5 heteroatoms. The Balaban J connectivity index is 1.96. The van der Waals surface area contributed by atoms with Crippen LogP contribution in [0.4, 0.5) is 0 Å². The minimum absolute atomic E-state index is 0.401. The van der Waals surface area contributed by atoms with Crippen LogP contribution in [0.25, 0.3) is 0 Å². The molecule has 0 saturated carbocycles. The summed E-state index contributed by atoms with van der Waals surface area (Å²) in [6, 6.07) is 15.0. The van der Waals surface area contributed by atoms with Crippen LogP contribution >= 0.6 is 31.9 Å². The largest absolute Gasteiger partial charge is 0.227 e. The Kier molecular flexibility index (Phi) is 3.31. The Morgan fingerprint density at radius 2 is 1.00 bits per heavy atom. The van der Waals surface area contributed by atoms with Crippen molar-refractivity contribution in [2.24, 2.45) is 0 Å². The monoisotopic (exact) mass is 400 g/mol. The third kappa shape index (κ3) is 2.39. The van der Waals surface area contributed by atoms with E-state index in [4.69, 9.17) is 0 Å². The molecule has 1 aliphatic rings. The second-order valence-electron chi connectivity index (χ2n) is 4.53. The molecule has 3 rings (SSSR count). The highest BCUT2D eigenvalue weighted by Crippen LogP contribution is 2.58. The lowest BCUT2D eigenvalue weighted by Crippen LogP contribution is -1.84. The highest BCUT2D eigenvalue weighted by molar-refractivity contribution is 9.10. The Bertz CT molecular complexity index is 649. The molecule has 0 aromatic heterocycles. The van der Waals surface area contributed by atoms with Gasteiger partial charge in [-0.25, -0.2) is 8.42 Å². The van der Waals surface area contributed by atoms with Crippen molar-refractivity contribution >= 4 is 41.7 Å². The van der Waals surface area contributed by atoms with E-state index < -0.39 is 20.3 Å². The van der Waals surface area contributed by atoms with Gasteiger partial charge in [0.1, 0.15) is 10.5 Å². The van der Waals surface area contributed by atoms with Crippen LogP contribution < -0.4 is 0 Å². The van der Waals surface area contributed by atoms with Crippen LogP contribution in [0, 0.1) is 0 Å². The molecule has 0 aliphatic carbocycles. The summed E-state index contributed by atoms with van der Waals surface area (Å²) in [5.74, 6) is 0. The summed E-state index contributed by atoms with van der Waals surface area (Å²) in [5.41, 5.74) is 1.72. The van der Waals surface area contributed by atoms with Gasteiger partial charge in [0.25, 0.3) is 0 Å². The zero-order valence-electron chi connectivity index (χ0n) is 9.75. The maximum Gasteiger partial charge on any atom is 0.167 e. The Morgan fingerprint density at radius 1 is 0.684 bits per heavy atom. The first-order chi connectivity index (χ1) is 9.00. The summed E-state index contributed by atoms with van der Waals surface area (Å²) in [4.78, 5) is 0. The summed E-state index contributed by atoms with van der Waals surface area (Å²) >= 11 is 6.71. The third-order valence-electron chi connectivity index (χ3n) is 3.30. The molecule has 0 amide bonds. The zero-order chi connectivity index (χ0) is 13.6. The molecule has 2 unspecified atom stereocenters. The number of sulfone groups is 1. The molecule has 98 valence electrons.